The molecule has 0 spiro atoms. The van der Waals surface area contributed by atoms with Crippen molar-refractivity contribution >= 4 is 11.6 Å². The summed E-state index contributed by atoms with van der Waals surface area (Å²) in [4.78, 5) is 23.7. The van der Waals surface area contributed by atoms with Gasteiger partial charge in [0.2, 0.25) is 0 Å². The van der Waals surface area contributed by atoms with E-state index in [1.54, 1.807) is 30.3 Å². The molecule has 0 N–H and O–H groups in total. The van der Waals surface area contributed by atoms with Gasteiger partial charge in [0.05, 0.1) is 5.56 Å². The third-order valence-electron chi connectivity index (χ3n) is 4.37. The highest BCUT2D eigenvalue weighted by atomic mass is 19.1. The maximum absolute atomic E-state index is 13.3. The second-order valence-corrected chi connectivity index (χ2v) is 6.52. The largest absolute Gasteiger partial charge is 0.289 e. The van der Waals surface area contributed by atoms with E-state index in [0.717, 1.165) is 0 Å². The van der Waals surface area contributed by atoms with E-state index >= 15 is 0 Å². The summed E-state index contributed by atoms with van der Waals surface area (Å²) in [5, 5.41) is 0. The van der Waals surface area contributed by atoms with Crippen LogP contribution in [0.2, 0.25) is 0 Å². The molecule has 0 aliphatic rings. The Morgan fingerprint density at radius 2 is 0.871 bits per heavy atom. The highest BCUT2D eigenvalue weighted by Gasteiger charge is 2.12. The number of halogens is 3. The summed E-state index contributed by atoms with van der Waals surface area (Å²) in [5.74, 6) is -1.87. The first-order chi connectivity index (χ1) is 15.0. The van der Waals surface area contributed by atoms with Crippen LogP contribution >= 0.6 is 0 Å². The molecule has 0 aliphatic heterocycles. The van der Waals surface area contributed by atoms with Crippen molar-refractivity contribution in [1.82, 2.24) is 0 Å². The van der Waals surface area contributed by atoms with Crippen LogP contribution in [0, 0.1) is 17.5 Å². The van der Waals surface area contributed by atoms with E-state index in [0.29, 0.717) is 11.1 Å². The van der Waals surface area contributed by atoms with Crippen molar-refractivity contribution in [3.63, 3.8) is 0 Å². The van der Waals surface area contributed by atoms with Crippen LogP contribution in [0.1, 0.15) is 31.8 Å². The van der Waals surface area contributed by atoms with Crippen molar-refractivity contribution in [3.05, 3.63) is 143 Å². The Morgan fingerprint density at radius 1 is 0.452 bits per heavy atom. The predicted molar refractivity (Wildman–Crippen MR) is 113 cm³/mol. The molecule has 0 amide bonds. The van der Waals surface area contributed by atoms with E-state index in [-0.39, 0.29) is 22.7 Å². The number of hydrogen-bond acceptors (Lipinski definition) is 2. The molecule has 31 heavy (non-hydrogen) atoms. The molecule has 0 radical (unpaired) electrons. The van der Waals surface area contributed by atoms with Crippen LogP contribution in [0.4, 0.5) is 13.2 Å². The molecule has 0 fully saturated rings. The lowest BCUT2D eigenvalue weighted by Crippen LogP contribution is -2.03. The Kier molecular flexibility index (Phi) is 7.12. The van der Waals surface area contributed by atoms with Crippen LogP contribution in [0.15, 0.2) is 103 Å². The first-order valence-corrected chi connectivity index (χ1v) is 9.36. The zero-order valence-corrected chi connectivity index (χ0v) is 16.3. The fraction of sp³-hybridized carbons (Fsp3) is 0. The van der Waals surface area contributed by atoms with Gasteiger partial charge in [0.25, 0.3) is 0 Å². The fourth-order valence-electron chi connectivity index (χ4n) is 2.76. The minimum absolute atomic E-state index is 0.00546. The Morgan fingerprint density at radius 3 is 1.39 bits per heavy atom. The molecule has 0 atom stereocenters. The summed E-state index contributed by atoms with van der Waals surface area (Å²) in [5.41, 5.74) is 1.38. The predicted octanol–water partition coefficient (Wildman–Crippen LogP) is 6.25. The highest BCUT2D eigenvalue weighted by molar-refractivity contribution is 6.09. The maximum Gasteiger partial charge on any atom is 0.195 e. The van der Waals surface area contributed by atoms with Gasteiger partial charge in [0.15, 0.2) is 11.6 Å². The van der Waals surface area contributed by atoms with Crippen molar-refractivity contribution in [1.29, 1.82) is 0 Å². The smallest absolute Gasteiger partial charge is 0.195 e. The Labute approximate surface area is 177 Å². The monoisotopic (exact) mass is 418 g/mol. The molecule has 0 aromatic heterocycles. The van der Waals surface area contributed by atoms with E-state index in [2.05, 4.69) is 0 Å². The molecule has 4 rings (SSSR count). The SMILES string of the molecule is O=C(c1ccc(F)cc1)c1ccccc1F.O=C(c1ccccc1)c1ccc(F)cc1. The third-order valence-corrected chi connectivity index (χ3v) is 4.37. The quantitative estimate of drug-likeness (QED) is 0.367. The van der Waals surface area contributed by atoms with Gasteiger partial charge >= 0.3 is 0 Å². The van der Waals surface area contributed by atoms with Crippen LogP contribution in [-0.4, -0.2) is 11.6 Å². The lowest BCUT2D eigenvalue weighted by atomic mass is 10.0. The van der Waals surface area contributed by atoms with E-state index in [1.807, 2.05) is 6.07 Å². The van der Waals surface area contributed by atoms with Crippen molar-refractivity contribution in [2.75, 3.05) is 0 Å². The lowest BCUT2D eigenvalue weighted by Gasteiger charge is -2.02. The fourth-order valence-corrected chi connectivity index (χ4v) is 2.76. The van der Waals surface area contributed by atoms with E-state index < -0.39 is 17.4 Å². The molecular weight excluding hydrogens is 401 g/mol. The summed E-state index contributed by atoms with van der Waals surface area (Å²) in [6, 6.07) is 25.2. The Balaban J connectivity index is 0.000000176. The molecule has 4 aromatic carbocycles. The molecule has 0 saturated carbocycles. The van der Waals surface area contributed by atoms with Gasteiger partial charge in [-0.15, -0.1) is 0 Å². The van der Waals surface area contributed by atoms with Crippen LogP contribution in [0.3, 0.4) is 0 Å². The van der Waals surface area contributed by atoms with Gasteiger partial charge < -0.3 is 0 Å². The molecule has 2 nitrogen and oxygen atoms in total. The Bertz CT molecular complexity index is 1170. The summed E-state index contributed by atoms with van der Waals surface area (Å²) in [6.07, 6.45) is 0. The molecular formula is C26H17F3O2. The average molecular weight is 418 g/mol. The number of benzene rings is 4. The number of carbonyl (C=O) groups excluding carboxylic acids is 2. The number of rotatable bonds is 4. The van der Waals surface area contributed by atoms with Gasteiger partial charge in [-0.2, -0.15) is 0 Å². The van der Waals surface area contributed by atoms with E-state index in [4.69, 9.17) is 0 Å². The maximum atomic E-state index is 13.3. The van der Waals surface area contributed by atoms with Gasteiger partial charge in [0, 0.05) is 16.7 Å². The van der Waals surface area contributed by atoms with Crippen molar-refractivity contribution < 1.29 is 22.8 Å². The van der Waals surface area contributed by atoms with Gasteiger partial charge in [-0.25, -0.2) is 13.2 Å². The van der Waals surface area contributed by atoms with Crippen molar-refractivity contribution in [3.8, 4) is 0 Å². The third kappa shape index (κ3) is 5.76. The molecule has 4 aromatic rings. The van der Waals surface area contributed by atoms with E-state index in [9.17, 15) is 22.8 Å². The first kappa shape index (κ1) is 21.7. The van der Waals surface area contributed by atoms with Crippen molar-refractivity contribution in [2.45, 2.75) is 0 Å². The first-order valence-electron chi connectivity index (χ1n) is 9.36. The summed E-state index contributed by atoms with van der Waals surface area (Å²) >= 11 is 0. The topological polar surface area (TPSA) is 34.1 Å². The molecule has 154 valence electrons. The van der Waals surface area contributed by atoms with Crippen LogP contribution in [0.25, 0.3) is 0 Å². The van der Waals surface area contributed by atoms with Crippen LogP contribution in [0.5, 0.6) is 0 Å². The van der Waals surface area contributed by atoms with Gasteiger partial charge in [-0.3, -0.25) is 9.59 Å². The number of ketones is 2. The summed E-state index contributed by atoms with van der Waals surface area (Å²) in [7, 11) is 0. The summed E-state index contributed by atoms with van der Waals surface area (Å²) in [6.45, 7) is 0. The Hall–Kier alpha value is -3.99. The second kappa shape index (κ2) is 10.2. The minimum atomic E-state index is -0.572. The second-order valence-electron chi connectivity index (χ2n) is 6.52. The van der Waals surface area contributed by atoms with Gasteiger partial charge in [-0.05, 0) is 60.7 Å². The minimum Gasteiger partial charge on any atom is -0.289 e. The molecule has 0 saturated heterocycles. The highest BCUT2D eigenvalue weighted by Crippen LogP contribution is 2.14. The normalized spacial score (nSPS) is 10.0. The number of hydrogen-bond donors (Lipinski definition) is 0. The molecule has 0 bridgehead atoms. The van der Waals surface area contributed by atoms with E-state index in [1.165, 1.54) is 66.7 Å². The van der Waals surface area contributed by atoms with Crippen LogP contribution < -0.4 is 0 Å². The average Bonchev–Trinajstić information content (AvgIpc) is 2.80. The summed E-state index contributed by atoms with van der Waals surface area (Å²) < 4.78 is 38.6. The standard InChI is InChI=1S/C13H8F2O.C13H9FO/c14-10-7-5-9(6-8-10)13(16)11-3-1-2-4-12(11)15;14-12-8-6-11(7-9-12)13(15)10-4-2-1-3-5-10/h1-8H;1-9H. The van der Waals surface area contributed by atoms with Crippen molar-refractivity contribution in [2.24, 2.45) is 0 Å². The van der Waals surface area contributed by atoms with Gasteiger partial charge in [-0.1, -0.05) is 42.5 Å². The molecule has 0 aliphatic carbocycles. The van der Waals surface area contributed by atoms with Gasteiger partial charge in [0.1, 0.15) is 17.5 Å². The zero-order valence-electron chi connectivity index (χ0n) is 16.3. The zero-order chi connectivity index (χ0) is 22.2. The molecule has 0 unspecified atom stereocenters. The molecule has 5 heteroatoms. The number of carbonyl (C=O) groups is 2. The lowest BCUT2D eigenvalue weighted by molar-refractivity contribution is 0.102. The van der Waals surface area contributed by atoms with Crippen LogP contribution in [-0.2, 0) is 0 Å². The molecule has 0 heterocycles.